The summed E-state index contributed by atoms with van der Waals surface area (Å²) < 4.78 is 0. The monoisotopic (exact) mass is 330 g/mol. The van der Waals surface area contributed by atoms with E-state index < -0.39 is 0 Å². The summed E-state index contributed by atoms with van der Waals surface area (Å²) in [4.78, 5) is 16.2. The van der Waals surface area contributed by atoms with Crippen LogP contribution in [0.2, 0.25) is 0 Å². The van der Waals surface area contributed by atoms with Crippen LogP contribution in [-0.2, 0) is 11.3 Å². The van der Waals surface area contributed by atoms with Crippen molar-refractivity contribution in [1.82, 2.24) is 16.0 Å². The Morgan fingerprint density at radius 1 is 1.17 bits per heavy atom. The first-order valence-electron chi connectivity index (χ1n) is 8.97. The third-order valence-corrected chi connectivity index (χ3v) is 4.55. The van der Waals surface area contributed by atoms with E-state index in [1.807, 2.05) is 12.1 Å². The Balaban J connectivity index is 1.66. The zero-order chi connectivity index (χ0) is 17.2. The van der Waals surface area contributed by atoms with Crippen LogP contribution in [0, 0.1) is 6.92 Å². The molecule has 1 saturated carbocycles. The highest BCUT2D eigenvalue weighted by Gasteiger charge is 2.15. The molecule has 132 valence electrons. The van der Waals surface area contributed by atoms with Crippen molar-refractivity contribution >= 4 is 11.9 Å². The molecule has 0 radical (unpaired) electrons. The molecule has 0 heterocycles. The van der Waals surface area contributed by atoms with E-state index in [0.717, 1.165) is 25.3 Å². The second-order valence-corrected chi connectivity index (χ2v) is 6.43. The fourth-order valence-corrected chi connectivity index (χ4v) is 3.05. The smallest absolute Gasteiger partial charge is 0.221 e. The van der Waals surface area contributed by atoms with Crippen molar-refractivity contribution in [3.05, 3.63) is 35.4 Å². The van der Waals surface area contributed by atoms with Crippen molar-refractivity contribution in [3.8, 4) is 0 Å². The highest BCUT2D eigenvalue weighted by Crippen LogP contribution is 2.17. The zero-order valence-electron chi connectivity index (χ0n) is 14.9. The second kappa shape index (κ2) is 9.96. The van der Waals surface area contributed by atoms with Crippen molar-refractivity contribution in [2.24, 2.45) is 4.99 Å². The summed E-state index contributed by atoms with van der Waals surface area (Å²) in [6, 6.07) is 8.66. The molecule has 24 heavy (non-hydrogen) atoms. The van der Waals surface area contributed by atoms with E-state index in [1.54, 1.807) is 7.05 Å². The number of rotatable bonds is 6. The van der Waals surface area contributed by atoms with E-state index in [9.17, 15) is 4.79 Å². The average Bonchev–Trinajstić information content (AvgIpc) is 2.60. The lowest BCUT2D eigenvalue weighted by atomic mass is 9.95. The largest absolute Gasteiger partial charge is 0.356 e. The summed E-state index contributed by atoms with van der Waals surface area (Å²) in [5.41, 5.74) is 2.50. The molecule has 0 aliphatic heterocycles. The first-order chi connectivity index (χ1) is 11.7. The van der Waals surface area contributed by atoms with E-state index in [-0.39, 0.29) is 5.91 Å². The number of aliphatic imine (C=N–C) groups is 1. The van der Waals surface area contributed by atoms with Gasteiger partial charge in [-0.15, -0.1) is 0 Å². The second-order valence-electron chi connectivity index (χ2n) is 6.43. The molecule has 1 aliphatic rings. The molecule has 3 N–H and O–H groups in total. The molecular weight excluding hydrogens is 300 g/mol. The summed E-state index contributed by atoms with van der Waals surface area (Å²) >= 11 is 0. The van der Waals surface area contributed by atoms with E-state index >= 15 is 0 Å². The Bertz CT molecular complexity index is 550. The van der Waals surface area contributed by atoms with Crippen molar-refractivity contribution in [2.75, 3.05) is 13.6 Å². The van der Waals surface area contributed by atoms with E-state index in [0.29, 0.717) is 19.0 Å². The SMILES string of the molecule is CN=C(NCCC(=O)NC1CCCCC1)NCc1ccccc1C. The van der Waals surface area contributed by atoms with Gasteiger partial charge in [0, 0.05) is 32.6 Å². The van der Waals surface area contributed by atoms with Crippen LogP contribution in [0.5, 0.6) is 0 Å². The fraction of sp³-hybridized carbons (Fsp3) is 0.579. The zero-order valence-corrected chi connectivity index (χ0v) is 14.9. The topological polar surface area (TPSA) is 65.5 Å². The number of hydrogen-bond acceptors (Lipinski definition) is 2. The van der Waals surface area contributed by atoms with Crippen molar-refractivity contribution in [3.63, 3.8) is 0 Å². The van der Waals surface area contributed by atoms with Gasteiger partial charge >= 0.3 is 0 Å². The molecule has 1 amide bonds. The maximum Gasteiger partial charge on any atom is 0.221 e. The Morgan fingerprint density at radius 3 is 2.62 bits per heavy atom. The number of hydrogen-bond donors (Lipinski definition) is 3. The molecule has 0 atom stereocenters. The maximum atomic E-state index is 12.0. The van der Waals surface area contributed by atoms with Crippen LogP contribution < -0.4 is 16.0 Å². The minimum absolute atomic E-state index is 0.128. The molecule has 1 aromatic carbocycles. The number of nitrogens with one attached hydrogen (secondary N) is 3. The van der Waals surface area contributed by atoms with Crippen LogP contribution in [0.1, 0.15) is 49.7 Å². The molecule has 1 aromatic rings. The lowest BCUT2D eigenvalue weighted by Crippen LogP contribution is -2.41. The Hall–Kier alpha value is -2.04. The standard InChI is InChI=1S/C19H30N4O/c1-15-8-6-7-9-16(15)14-22-19(20-2)21-13-12-18(24)23-17-10-4-3-5-11-17/h6-9,17H,3-5,10-14H2,1-2H3,(H,23,24)(H2,20,21,22). The third-order valence-electron chi connectivity index (χ3n) is 4.55. The highest BCUT2D eigenvalue weighted by atomic mass is 16.1. The quantitative estimate of drug-likeness (QED) is 0.555. The molecule has 2 rings (SSSR count). The van der Waals surface area contributed by atoms with E-state index in [1.165, 1.54) is 30.4 Å². The van der Waals surface area contributed by atoms with Crippen LogP contribution in [0.15, 0.2) is 29.3 Å². The van der Waals surface area contributed by atoms with Gasteiger partial charge in [-0.05, 0) is 30.9 Å². The van der Waals surface area contributed by atoms with Crippen molar-refractivity contribution in [1.29, 1.82) is 0 Å². The molecule has 1 fully saturated rings. The van der Waals surface area contributed by atoms with Crippen molar-refractivity contribution < 1.29 is 4.79 Å². The maximum absolute atomic E-state index is 12.0. The van der Waals surface area contributed by atoms with Crippen molar-refractivity contribution in [2.45, 2.75) is 58.0 Å². The minimum Gasteiger partial charge on any atom is -0.356 e. The molecule has 0 bridgehead atoms. The minimum atomic E-state index is 0.128. The van der Waals surface area contributed by atoms with Gasteiger partial charge < -0.3 is 16.0 Å². The van der Waals surface area contributed by atoms with Gasteiger partial charge in [0.15, 0.2) is 5.96 Å². The number of guanidine groups is 1. The van der Waals surface area contributed by atoms with Crippen LogP contribution in [0.3, 0.4) is 0 Å². The van der Waals surface area contributed by atoms with Gasteiger partial charge in [-0.25, -0.2) is 0 Å². The van der Waals surface area contributed by atoms with Gasteiger partial charge in [-0.2, -0.15) is 0 Å². The fourth-order valence-electron chi connectivity index (χ4n) is 3.05. The lowest BCUT2D eigenvalue weighted by Gasteiger charge is -2.22. The summed E-state index contributed by atoms with van der Waals surface area (Å²) in [7, 11) is 1.75. The summed E-state index contributed by atoms with van der Waals surface area (Å²) in [6.07, 6.45) is 6.49. The molecule has 1 aliphatic carbocycles. The summed E-state index contributed by atoms with van der Waals surface area (Å²) in [5.74, 6) is 0.854. The number of amides is 1. The molecule has 0 spiro atoms. The molecule has 0 aromatic heterocycles. The number of benzene rings is 1. The Labute approximate surface area is 145 Å². The number of aryl methyl sites for hydroxylation is 1. The predicted molar refractivity (Wildman–Crippen MR) is 99.0 cm³/mol. The number of carbonyl (C=O) groups excluding carboxylic acids is 1. The first kappa shape index (κ1) is 18.3. The Kier molecular flexibility index (Phi) is 7.59. The van der Waals surface area contributed by atoms with Crippen LogP contribution >= 0.6 is 0 Å². The Morgan fingerprint density at radius 2 is 1.92 bits per heavy atom. The third kappa shape index (κ3) is 6.22. The van der Waals surface area contributed by atoms with Gasteiger partial charge in [0.2, 0.25) is 5.91 Å². The number of carbonyl (C=O) groups is 1. The van der Waals surface area contributed by atoms with Gasteiger partial charge in [-0.3, -0.25) is 9.79 Å². The molecular formula is C19H30N4O. The van der Waals surface area contributed by atoms with Crippen LogP contribution in [0.4, 0.5) is 0 Å². The highest BCUT2D eigenvalue weighted by molar-refractivity contribution is 5.81. The molecule has 0 saturated heterocycles. The van der Waals surface area contributed by atoms with Crippen LogP contribution in [-0.4, -0.2) is 31.5 Å². The molecule has 0 unspecified atom stereocenters. The average molecular weight is 330 g/mol. The van der Waals surface area contributed by atoms with Gasteiger partial charge in [0.1, 0.15) is 0 Å². The van der Waals surface area contributed by atoms with E-state index in [2.05, 4.69) is 40.0 Å². The van der Waals surface area contributed by atoms with Gasteiger partial charge in [0.05, 0.1) is 0 Å². The van der Waals surface area contributed by atoms with E-state index in [4.69, 9.17) is 0 Å². The normalized spacial score (nSPS) is 15.8. The number of nitrogens with zero attached hydrogens (tertiary/aromatic N) is 1. The van der Waals surface area contributed by atoms with Crippen LogP contribution in [0.25, 0.3) is 0 Å². The van der Waals surface area contributed by atoms with Gasteiger partial charge in [0.25, 0.3) is 0 Å². The molecule has 5 nitrogen and oxygen atoms in total. The first-order valence-corrected chi connectivity index (χ1v) is 8.97. The lowest BCUT2D eigenvalue weighted by molar-refractivity contribution is -0.121. The van der Waals surface area contributed by atoms with Gasteiger partial charge in [-0.1, -0.05) is 43.5 Å². The summed E-state index contributed by atoms with van der Waals surface area (Å²) in [5, 5.41) is 9.63. The molecule has 5 heteroatoms. The summed E-state index contributed by atoms with van der Waals surface area (Å²) in [6.45, 7) is 3.41. The predicted octanol–water partition coefficient (Wildman–Crippen LogP) is 2.50.